The molecule has 3 heterocycles. The SMILES string of the molecule is O=C(NC1CCCCNC1=O)c1cc2n(n1)CCN(Cc1c(Cl)cccc1Cl)C2=O. The molecule has 1 aromatic heterocycles. The first-order chi connectivity index (χ1) is 14.4. The van der Waals surface area contributed by atoms with Crippen molar-refractivity contribution >= 4 is 40.9 Å². The molecule has 1 aromatic carbocycles. The quantitative estimate of drug-likeness (QED) is 0.747. The molecule has 1 unspecified atom stereocenters. The zero-order chi connectivity index (χ0) is 21.3. The molecule has 2 N–H and O–H groups in total. The zero-order valence-electron chi connectivity index (χ0n) is 16.2. The summed E-state index contributed by atoms with van der Waals surface area (Å²) in [4.78, 5) is 39.3. The van der Waals surface area contributed by atoms with Gasteiger partial charge in [-0.2, -0.15) is 5.10 Å². The number of halogens is 2. The van der Waals surface area contributed by atoms with Gasteiger partial charge in [-0.25, -0.2) is 0 Å². The topological polar surface area (TPSA) is 96.3 Å². The van der Waals surface area contributed by atoms with Gasteiger partial charge in [0.25, 0.3) is 11.8 Å². The molecule has 1 atom stereocenters. The second kappa shape index (κ2) is 8.65. The Morgan fingerprint density at radius 2 is 1.97 bits per heavy atom. The van der Waals surface area contributed by atoms with Crippen LogP contribution < -0.4 is 10.6 Å². The molecule has 0 spiro atoms. The lowest BCUT2D eigenvalue weighted by Crippen LogP contribution is -2.45. The first kappa shape index (κ1) is 20.7. The average molecular weight is 450 g/mol. The van der Waals surface area contributed by atoms with Gasteiger partial charge in [0.2, 0.25) is 5.91 Å². The van der Waals surface area contributed by atoms with Gasteiger partial charge >= 0.3 is 0 Å². The number of carbonyl (C=O) groups is 3. The summed E-state index contributed by atoms with van der Waals surface area (Å²) in [7, 11) is 0. The fourth-order valence-corrected chi connectivity index (χ4v) is 4.20. The molecule has 2 aliphatic heterocycles. The minimum atomic E-state index is -0.590. The Balaban J connectivity index is 1.49. The predicted molar refractivity (Wildman–Crippen MR) is 112 cm³/mol. The standard InChI is InChI=1S/C20H21Cl2N5O3/c21-13-4-3-5-14(22)12(13)11-26-8-9-27-17(20(26)30)10-16(25-27)19(29)24-15-6-1-2-7-23-18(15)28/h3-5,10,15H,1-2,6-9,11H2,(H,23,28)(H,24,29). The number of amides is 3. The van der Waals surface area contributed by atoms with E-state index in [1.807, 2.05) is 0 Å². The van der Waals surface area contributed by atoms with Crippen LogP contribution in [-0.2, 0) is 17.9 Å². The molecule has 8 nitrogen and oxygen atoms in total. The molecule has 0 radical (unpaired) electrons. The third-order valence-corrected chi connectivity index (χ3v) is 6.06. The Labute approximate surface area is 183 Å². The molecular formula is C20H21Cl2N5O3. The van der Waals surface area contributed by atoms with Crippen LogP contribution in [0.4, 0.5) is 0 Å². The van der Waals surface area contributed by atoms with Crippen molar-refractivity contribution in [3.8, 4) is 0 Å². The number of nitrogens with one attached hydrogen (secondary N) is 2. The van der Waals surface area contributed by atoms with Crippen LogP contribution >= 0.6 is 23.2 Å². The fourth-order valence-electron chi connectivity index (χ4n) is 3.68. The number of benzene rings is 1. The van der Waals surface area contributed by atoms with E-state index in [9.17, 15) is 14.4 Å². The third kappa shape index (κ3) is 4.15. The van der Waals surface area contributed by atoms with Crippen LogP contribution in [0.2, 0.25) is 10.0 Å². The fraction of sp³-hybridized carbons (Fsp3) is 0.400. The van der Waals surface area contributed by atoms with Crippen LogP contribution in [0.5, 0.6) is 0 Å². The van der Waals surface area contributed by atoms with Crippen molar-refractivity contribution in [3.05, 3.63) is 51.3 Å². The molecule has 2 aromatic rings. The molecule has 0 bridgehead atoms. The zero-order valence-corrected chi connectivity index (χ0v) is 17.7. The lowest BCUT2D eigenvalue weighted by molar-refractivity contribution is -0.122. The van der Waals surface area contributed by atoms with E-state index in [1.165, 1.54) is 10.7 Å². The third-order valence-electron chi connectivity index (χ3n) is 5.35. The molecule has 1 fully saturated rings. The van der Waals surface area contributed by atoms with E-state index in [-0.39, 0.29) is 24.1 Å². The van der Waals surface area contributed by atoms with Crippen LogP contribution in [0.25, 0.3) is 0 Å². The molecule has 0 aliphatic carbocycles. The molecule has 10 heteroatoms. The van der Waals surface area contributed by atoms with Gasteiger partial charge in [-0.1, -0.05) is 29.3 Å². The maximum Gasteiger partial charge on any atom is 0.272 e. The second-order valence-electron chi connectivity index (χ2n) is 7.38. The summed E-state index contributed by atoms with van der Waals surface area (Å²) >= 11 is 12.5. The molecule has 158 valence electrons. The Hall–Kier alpha value is -2.58. The van der Waals surface area contributed by atoms with Crippen molar-refractivity contribution in [1.82, 2.24) is 25.3 Å². The number of fused-ring (bicyclic) bond motifs is 1. The van der Waals surface area contributed by atoms with Gasteiger partial charge in [0.1, 0.15) is 11.7 Å². The van der Waals surface area contributed by atoms with Gasteiger partial charge in [-0.3, -0.25) is 19.1 Å². The highest BCUT2D eigenvalue weighted by Gasteiger charge is 2.30. The average Bonchev–Trinajstić information content (AvgIpc) is 3.06. The molecule has 2 aliphatic rings. The number of aromatic nitrogens is 2. The van der Waals surface area contributed by atoms with Gasteiger partial charge in [0.15, 0.2) is 5.69 Å². The summed E-state index contributed by atoms with van der Waals surface area (Å²) < 4.78 is 1.52. The molecule has 0 saturated carbocycles. The molecular weight excluding hydrogens is 429 g/mol. The van der Waals surface area contributed by atoms with Crippen LogP contribution in [0.3, 0.4) is 0 Å². The number of carbonyl (C=O) groups excluding carboxylic acids is 3. The van der Waals surface area contributed by atoms with E-state index in [4.69, 9.17) is 23.2 Å². The van der Waals surface area contributed by atoms with Crippen LogP contribution in [0, 0.1) is 0 Å². The van der Waals surface area contributed by atoms with E-state index >= 15 is 0 Å². The van der Waals surface area contributed by atoms with E-state index < -0.39 is 11.9 Å². The minimum absolute atomic E-state index is 0.119. The summed E-state index contributed by atoms with van der Waals surface area (Å²) in [5.41, 5.74) is 1.12. The van der Waals surface area contributed by atoms with E-state index in [0.717, 1.165) is 12.8 Å². The first-order valence-electron chi connectivity index (χ1n) is 9.82. The summed E-state index contributed by atoms with van der Waals surface area (Å²) in [6.07, 6.45) is 2.31. The normalized spacial score (nSPS) is 19.1. The minimum Gasteiger partial charge on any atom is -0.354 e. The summed E-state index contributed by atoms with van der Waals surface area (Å²) in [6, 6.07) is 6.09. The monoisotopic (exact) mass is 449 g/mol. The number of hydrogen-bond donors (Lipinski definition) is 2. The van der Waals surface area contributed by atoms with Gasteiger partial charge in [0.05, 0.1) is 6.54 Å². The lowest BCUT2D eigenvalue weighted by atomic mass is 10.1. The number of hydrogen-bond acceptors (Lipinski definition) is 4. The smallest absolute Gasteiger partial charge is 0.272 e. The van der Waals surface area contributed by atoms with Crippen molar-refractivity contribution in [3.63, 3.8) is 0 Å². The van der Waals surface area contributed by atoms with Gasteiger partial charge < -0.3 is 15.5 Å². The Morgan fingerprint density at radius 3 is 2.73 bits per heavy atom. The van der Waals surface area contributed by atoms with Crippen molar-refractivity contribution in [2.75, 3.05) is 13.1 Å². The van der Waals surface area contributed by atoms with E-state index in [1.54, 1.807) is 23.1 Å². The highest BCUT2D eigenvalue weighted by molar-refractivity contribution is 6.36. The summed E-state index contributed by atoms with van der Waals surface area (Å²) in [5, 5.41) is 10.8. The summed E-state index contributed by atoms with van der Waals surface area (Å²) in [5.74, 6) is -0.910. The van der Waals surface area contributed by atoms with Crippen molar-refractivity contribution in [2.24, 2.45) is 0 Å². The maximum atomic E-state index is 13.0. The van der Waals surface area contributed by atoms with Crippen LogP contribution in [0.1, 0.15) is 45.8 Å². The molecule has 1 saturated heterocycles. The first-order valence-corrected chi connectivity index (χ1v) is 10.6. The van der Waals surface area contributed by atoms with Gasteiger partial charge in [-0.15, -0.1) is 0 Å². The van der Waals surface area contributed by atoms with Gasteiger partial charge in [-0.05, 0) is 31.4 Å². The molecule has 30 heavy (non-hydrogen) atoms. The Morgan fingerprint density at radius 1 is 1.20 bits per heavy atom. The van der Waals surface area contributed by atoms with Crippen molar-refractivity contribution < 1.29 is 14.4 Å². The second-order valence-corrected chi connectivity index (χ2v) is 8.19. The maximum absolute atomic E-state index is 13.0. The van der Waals surface area contributed by atoms with Crippen LogP contribution in [-0.4, -0.2) is 51.5 Å². The lowest BCUT2D eigenvalue weighted by Gasteiger charge is -2.28. The molecule has 4 rings (SSSR count). The highest BCUT2D eigenvalue weighted by Crippen LogP contribution is 2.27. The van der Waals surface area contributed by atoms with Crippen molar-refractivity contribution in [2.45, 2.75) is 38.4 Å². The molecule has 3 amide bonds. The number of nitrogens with zero attached hydrogens (tertiary/aromatic N) is 3. The highest BCUT2D eigenvalue weighted by atomic mass is 35.5. The van der Waals surface area contributed by atoms with E-state index in [2.05, 4.69) is 15.7 Å². The predicted octanol–water partition coefficient (Wildman–Crippen LogP) is 2.24. The largest absolute Gasteiger partial charge is 0.354 e. The Kier molecular flexibility index (Phi) is 5.97. The van der Waals surface area contributed by atoms with E-state index in [0.29, 0.717) is 47.4 Å². The Bertz CT molecular complexity index is 986. The summed E-state index contributed by atoms with van der Waals surface area (Å²) in [6.45, 7) is 1.75. The van der Waals surface area contributed by atoms with Gasteiger partial charge in [0, 0.05) is 41.3 Å². The van der Waals surface area contributed by atoms with Crippen molar-refractivity contribution in [1.29, 1.82) is 0 Å². The van der Waals surface area contributed by atoms with Crippen LogP contribution in [0.15, 0.2) is 24.3 Å². The number of rotatable bonds is 4.